The van der Waals surface area contributed by atoms with Crippen LogP contribution in [0.15, 0.2) is 65.5 Å². The zero-order valence-electron chi connectivity index (χ0n) is 21.8. The number of benzene rings is 3. The van der Waals surface area contributed by atoms with E-state index in [1.807, 2.05) is 6.07 Å². The molecule has 3 aromatic carbocycles. The number of nitrogens with one attached hydrogen (secondary N) is 4. The smallest absolute Gasteiger partial charge is 0.273 e. The Hall–Kier alpha value is -4.31. The van der Waals surface area contributed by atoms with E-state index in [1.165, 1.54) is 11.6 Å². The lowest BCUT2D eigenvalue weighted by Crippen LogP contribution is -2.27. The van der Waals surface area contributed by atoms with Crippen LogP contribution in [0.25, 0.3) is 11.3 Å². The van der Waals surface area contributed by atoms with Crippen molar-refractivity contribution in [2.45, 2.75) is 0 Å². The summed E-state index contributed by atoms with van der Waals surface area (Å²) >= 11 is 30.6. The molecule has 43 heavy (non-hydrogen) atoms. The van der Waals surface area contributed by atoms with E-state index in [1.54, 1.807) is 60.7 Å². The SMILES string of the molecule is Cn1c(NNc2nc(Nc3cc(Cl)cc(Cl)c3)nc(Nc3cc(Cl)cc(Cl)c3)n2)nc(-c2ccc(Cl)cc2)c(C#N)c1=O. The molecule has 0 unspecified atom stereocenters. The molecule has 0 spiro atoms. The van der Waals surface area contributed by atoms with Crippen LogP contribution in [0.4, 0.5) is 35.2 Å². The summed E-state index contributed by atoms with van der Waals surface area (Å²) in [4.78, 5) is 30.7. The van der Waals surface area contributed by atoms with Gasteiger partial charge in [0.05, 0.1) is 5.69 Å². The van der Waals surface area contributed by atoms with Crippen LogP contribution < -0.4 is 27.0 Å². The van der Waals surface area contributed by atoms with Crippen molar-refractivity contribution in [3.8, 4) is 17.3 Å². The first kappa shape index (κ1) is 30.2. The van der Waals surface area contributed by atoms with E-state index in [0.29, 0.717) is 42.1 Å². The summed E-state index contributed by atoms with van der Waals surface area (Å²) in [6, 6.07) is 18.3. The van der Waals surface area contributed by atoms with E-state index in [0.717, 1.165) is 0 Å². The standard InChI is InChI=1S/C27H17Cl5N10O/c1-42-23(43)21(12-33)22(13-2-4-14(28)5-3-13)36-27(42)41-40-26-38-24(34-19-8-15(29)6-16(30)9-19)37-25(39-26)35-20-10-17(31)7-18(32)11-20/h2-11H,1H3,(H,36,41)(H3,34,35,37,38,39,40). The van der Waals surface area contributed by atoms with Crippen molar-refractivity contribution < 1.29 is 0 Å². The van der Waals surface area contributed by atoms with Gasteiger partial charge < -0.3 is 10.6 Å². The van der Waals surface area contributed by atoms with E-state index in [2.05, 4.69) is 41.4 Å². The van der Waals surface area contributed by atoms with Gasteiger partial charge in [0.2, 0.25) is 23.8 Å². The number of aromatic nitrogens is 5. The fraction of sp³-hybridized carbons (Fsp3) is 0.0370. The molecular formula is C27H17Cl5N10O. The molecule has 2 heterocycles. The number of anilines is 6. The Kier molecular flexibility index (Phi) is 9.05. The van der Waals surface area contributed by atoms with Gasteiger partial charge in [0.15, 0.2) is 0 Å². The second-order valence-electron chi connectivity index (χ2n) is 8.76. The summed E-state index contributed by atoms with van der Waals surface area (Å²) in [5.41, 5.74) is 6.70. The van der Waals surface area contributed by atoms with E-state index in [9.17, 15) is 10.1 Å². The largest absolute Gasteiger partial charge is 0.324 e. The molecule has 0 atom stereocenters. The highest BCUT2D eigenvalue weighted by Gasteiger charge is 2.17. The Bertz CT molecular complexity index is 1830. The molecule has 0 aliphatic heterocycles. The average molecular weight is 675 g/mol. The highest BCUT2D eigenvalue weighted by molar-refractivity contribution is 6.35. The summed E-state index contributed by atoms with van der Waals surface area (Å²) in [6.45, 7) is 0. The summed E-state index contributed by atoms with van der Waals surface area (Å²) < 4.78 is 1.17. The maximum absolute atomic E-state index is 13.0. The molecule has 0 bridgehead atoms. The normalized spacial score (nSPS) is 10.6. The van der Waals surface area contributed by atoms with Gasteiger partial charge in [0.25, 0.3) is 5.56 Å². The molecule has 5 aromatic rings. The van der Waals surface area contributed by atoms with Crippen molar-refractivity contribution in [1.82, 2.24) is 24.5 Å². The maximum atomic E-state index is 13.0. The number of halogens is 5. The van der Waals surface area contributed by atoms with Gasteiger partial charge in [-0.2, -0.15) is 20.2 Å². The quantitative estimate of drug-likeness (QED) is 0.121. The van der Waals surface area contributed by atoms with Crippen LogP contribution in [-0.4, -0.2) is 24.5 Å². The molecule has 0 aliphatic carbocycles. The van der Waals surface area contributed by atoms with Crippen molar-refractivity contribution in [2.24, 2.45) is 7.05 Å². The van der Waals surface area contributed by atoms with Gasteiger partial charge in [-0.05, 0) is 48.5 Å². The van der Waals surface area contributed by atoms with Crippen molar-refractivity contribution in [3.63, 3.8) is 0 Å². The molecule has 2 aromatic heterocycles. The molecule has 0 radical (unpaired) electrons. The molecule has 5 rings (SSSR count). The molecule has 11 nitrogen and oxygen atoms in total. The van der Waals surface area contributed by atoms with Gasteiger partial charge in [-0.1, -0.05) is 70.1 Å². The highest BCUT2D eigenvalue weighted by Crippen LogP contribution is 2.28. The van der Waals surface area contributed by atoms with Crippen molar-refractivity contribution in [3.05, 3.63) is 102 Å². The van der Waals surface area contributed by atoms with Gasteiger partial charge in [0.1, 0.15) is 11.6 Å². The lowest BCUT2D eigenvalue weighted by Gasteiger charge is -2.15. The van der Waals surface area contributed by atoms with Crippen molar-refractivity contribution >= 4 is 93.2 Å². The average Bonchev–Trinajstić information content (AvgIpc) is 2.93. The fourth-order valence-corrected chi connectivity index (χ4v) is 4.97. The minimum Gasteiger partial charge on any atom is -0.324 e. The van der Waals surface area contributed by atoms with Gasteiger partial charge in [-0.3, -0.25) is 20.2 Å². The van der Waals surface area contributed by atoms with Gasteiger partial charge in [-0.15, -0.1) is 0 Å². The fourth-order valence-electron chi connectivity index (χ4n) is 3.80. The predicted molar refractivity (Wildman–Crippen MR) is 171 cm³/mol. The lowest BCUT2D eigenvalue weighted by molar-refractivity contribution is 0.829. The van der Waals surface area contributed by atoms with Crippen LogP contribution in [-0.2, 0) is 7.05 Å². The monoisotopic (exact) mass is 672 g/mol. The van der Waals surface area contributed by atoms with E-state index in [4.69, 9.17) is 58.0 Å². The Morgan fingerprint density at radius 1 is 0.674 bits per heavy atom. The van der Waals surface area contributed by atoms with Crippen LogP contribution in [0.1, 0.15) is 5.56 Å². The molecular weight excluding hydrogens is 658 g/mol. The van der Waals surface area contributed by atoms with Crippen LogP contribution in [0, 0.1) is 11.3 Å². The molecule has 4 N–H and O–H groups in total. The number of hydrogen-bond donors (Lipinski definition) is 4. The van der Waals surface area contributed by atoms with E-state index >= 15 is 0 Å². The first-order valence-electron chi connectivity index (χ1n) is 12.1. The minimum absolute atomic E-state index is 0.0212. The molecule has 0 aliphatic rings. The number of nitriles is 1. The second kappa shape index (κ2) is 12.9. The molecule has 216 valence electrons. The first-order valence-corrected chi connectivity index (χ1v) is 14.0. The number of hydrogen-bond acceptors (Lipinski definition) is 10. The Balaban J connectivity index is 1.50. The van der Waals surface area contributed by atoms with Gasteiger partial charge in [-0.25, -0.2) is 4.98 Å². The molecule has 16 heteroatoms. The Morgan fingerprint density at radius 2 is 1.16 bits per heavy atom. The maximum Gasteiger partial charge on any atom is 0.273 e. The lowest BCUT2D eigenvalue weighted by atomic mass is 10.1. The molecule has 0 saturated carbocycles. The Morgan fingerprint density at radius 3 is 1.65 bits per heavy atom. The van der Waals surface area contributed by atoms with Crippen LogP contribution in [0.5, 0.6) is 0 Å². The van der Waals surface area contributed by atoms with E-state index < -0.39 is 5.56 Å². The van der Waals surface area contributed by atoms with Gasteiger partial charge >= 0.3 is 0 Å². The number of rotatable bonds is 8. The first-order chi connectivity index (χ1) is 20.6. The highest BCUT2D eigenvalue weighted by atomic mass is 35.5. The third-order valence-corrected chi connectivity index (χ3v) is 6.80. The van der Waals surface area contributed by atoms with Crippen LogP contribution >= 0.6 is 58.0 Å². The summed E-state index contributed by atoms with van der Waals surface area (Å²) in [6.07, 6.45) is 0. The zero-order chi connectivity index (χ0) is 30.7. The third kappa shape index (κ3) is 7.37. The summed E-state index contributed by atoms with van der Waals surface area (Å²) in [7, 11) is 1.46. The molecule has 0 saturated heterocycles. The zero-order valence-corrected chi connectivity index (χ0v) is 25.5. The van der Waals surface area contributed by atoms with Crippen LogP contribution in [0.3, 0.4) is 0 Å². The summed E-state index contributed by atoms with van der Waals surface area (Å²) in [5.74, 6) is 0.308. The topological polar surface area (TPSA) is 145 Å². The van der Waals surface area contributed by atoms with Crippen molar-refractivity contribution in [2.75, 3.05) is 21.5 Å². The second-order valence-corrected chi connectivity index (χ2v) is 10.9. The minimum atomic E-state index is -0.567. The predicted octanol–water partition coefficient (Wildman–Crippen LogP) is 7.70. The van der Waals surface area contributed by atoms with E-state index in [-0.39, 0.29) is 35.1 Å². The summed E-state index contributed by atoms with van der Waals surface area (Å²) in [5, 5.41) is 17.8. The third-order valence-electron chi connectivity index (χ3n) is 5.68. The number of nitrogens with zero attached hydrogens (tertiary/aromatic N) is 6. The molecule has 0 fully saturated rings. The molecule has 0 amide bonds. The van der Waals surface area contributed by atoms with Crippen molar-refractivity contribution in [1.29, 1.82) is 5.26 Å². The number of hydrazine groups is 1. The van der Waals surface area contributed by atoms with Gasteiger partial charge in [0, 0.05) is 49.1 Å². The Labute approximate surface area is 269 Å². The van der Waals surface area contributed by atoms with Crippen LogP contribution in [0.2, 0.25) is 25.1 Å².